The summed E-state index contributed by atoms with van der Waals surface area (Å²) in [7, 11) is 0. The van der Waals surface area contributed by atoms with Crippen LogP contribution in [0, 0.1) is 4.77 Å². The summed E-state index contributed by atoms with van der Waals surface area (Å²) in [6.07, 6.45) is 2.29. The summed E-state index contributed by atoms with van der Waals surface area (Å²) < 4.78 is 2.42. The zero-order chi connectivity index (χ0) is 17.5. The Labute approximate surface area is 155 Å². The summed E-state index contributed by atoms with van der Waals surface area (Å²) in [6.45, 7) is 1.20. The number of carbonyl (C=O) groups is 1. The molecule has 0 saturated carbocycles. The fourth-order valence-electron chi connectivity index (χ4n) is 2.59. The van der Waals surface area contributed by atoms with E-state index in [1.807, 2.05) is 40.3 Å². The molecule has 0 unspecified atom stereocenters. The van der Waals surface area contributed by atoms with Gasteiger partial charge in [-0.1, -0.05) is 36.4 Å². The van der Waals surface area contributed by atoms with Crippen LogP contribution < -0.4 is 5.32 Å². The maximum atomic E-state index is 12.1. The SMILES string of the molecule is O=C(CCn1c(-c2cccs2)n[nH]c1=S)NCCCc1ccccc1. The van der Waals surface area contributed by atoms with Crippen molar-refractivity contribution in [3.05, 3.63) is 58.2 Å². The first kappa shape index (κ1) is 17.6. The number of aryl methyl sites for hydroxylation is 1. The minimum absolute atomic E-state index is 0.0355. The standard InChI is InChI=1S/C18H20N4OS2/c23-16(19-11-4-8-14-6-2-1-3-7-14)10-12-22-17(20-21-18(22)24)15-9-5-13-25-15/h1-3,5-7,9,13H,4,8,10-12H2,(H,19,23)(H,21,24). The predicted molar refractivity (Wildman–Crippen MR) is 103 cm³/mol. The van der Waals surface area contributed by atoms with Crippen LogP contribution in [0.25, 0.3) is 10.7 Å². The number of aromatic amines is 1. The first-order valence-electron chi connectivity index (χ1n) is 8.24. The fourth-order valence-corrected chi connectivity index (χ4v) is 3.53. The van der Waals surface area contributed by atoms with Gasteiger partial charge in [-0.25, -0.2) is 0 Å². The van der Waals surface area contributed by atoms with Crippen molar-refractivity contribution in [2.45, 2.75) is 25.8 Å². The van der Waals surface area contributed by atoms with E-state index >= 15 is 0 Å². The van der Waals surface area contributed by atoms with E-state index in [9.17, 15) is 4.79 Å². The van der Waals surface area contributed by atoms with Crippen molar-refractivity contribution in [1.29, 1.82) is 0 Å². The molecule has 0 aliphatic carbocycles. The lowest BCUT2D eigenvalue weighted by atomic mass is 10.1. The van der Waals surface area contributed by atoms with Gasteiger partial charge in [0.05, 0.1) is 4.88 Å². The van der Waals surface area contributed by atoms with Crippen LogP contribution in [0.2, 0.25) is 0 Å². The summed E-state index contributed by atoms with van der Waals surface area (Å²) >= 11 is 6.88. The van der Waals surface area contributed by atoms with E-state index in [1.165, 1.54) is 5.56 Å². The molecule has 3 aromatic rings. The van der Waals surface area contributed by atoms with Crippen LogP contribution in [0.4, 0.5) is 0 Å². The van der Waals surface area contributed by atoms with Crippen LogP contribution in [0.1, 0.15) is 18.4 Å². The zero-order valence-corrected chi connectivity index (χ0v) is 15.4. The van der Waals surface area contributed by atoms with Crippen molar-refractivity contribution in [1.82, 2.24) is 20.1 Å². The van der Waals surface area contributed by atoms with Crippen LogP contribution in [0.3, 0.4) is 0 Å². The van der Waals surface area contributed by atoms with Gasteiger partial charge >= 0.3 is 0 Å². The highest BCUT2D eigenvalue weighted by Gasteiger charge is 2.11. The van der Waals surface area contributed by atoms with Crippen LogP contribution in [0.15, 0.2) is 47.8 Å². The van der Waals surface area contributed by atoms with Gasteiger partial charge in [-0.15, -0.1) is 11.3 Å². The second-order valence-electron chi connectivity index (χ2n) is 5.67. The third-order valence-corrected chi connectivity index (χ3v) is 5.05. The Morgan fingerprint density at radius 1 is 1.24 bits per heavy atom. The molecular weight excluding hydrogens is 352 g/mol. The van der Waals surface area contributed by atoms with Gasteiger partial charge in [0.1, 0.15) is 0 Å². The number of nitrogens with one attached hydrogen (secondary N) is 2. The van der Waals surface area contributed by atoms with Crippen molar-refractivity contribution in [2.75, 3.05) is 6.54 Å². The van der Waals surface area contributed by atoms with E-state index in [-0.39, 0.29) is 5.91 Å². The number of amides is 1. The van der Waals surface area contributed by atoms with Crippen LogP contribution >= 0.6 is 23.6 Å². The van der Waals surface area contributed by atoms with E-state index in [1.54, 1.807) is 11.3 Å². The molecule has 25 heavy (non-hydrogen) atoms. The molecule has 1 aromatic carbocycles. The number of benzene rings is 1. The quantitative estimate of drug-likeness (QED) is 0.467. The molecule has 130 valence electrons. The number of H-pyrrole nitrogens is 1. The molecule has 0 atom stereocenters. The third-order valence-electron chi connectivity index (χ3n) is 3.87. The zero-order valence-electron chi connectivity index (χ0n) is 13.8. The molecule has 5 nitrogen and oxygen atoms in total. The lowest BCUT2D eigenvalue weighted by molar-refractivity contribution is -0.121. The maximum absolute atomic E-state index is 12.1. The lowest BCUT2D eigenvalue weighted by Crippen LogP contribution is -2.25. The first-order valence-corrected chi connectivity index (χ1v) is 9.52. The molecule has 7 heteroatoms. The van der Waals surface area contributed by atoms with Gasteiger partial charge in [0.2, 0.25) is 5.91 Å². The van der Waals surface area contributed by atoms with Gasteiger partial charge in [-0.3, -0.25) is 14.5 Å². The van der Waals surface area contributed by atoms with Crippen molar-refractivity contribution < 1.29 is 4.79 Å². The molecule has 3 rings (SSSR count). The van der Waals surface area contributed by atoms with E-state index in [4.69, 9.17) is 12.2 Å². The molecule has 0 aliphatic heterocycles. The largest absolute Gasteiger partial charge is 0.356 e. The monoisotopic (exact) mass is 372 g/mol. The highest BCUT2D eigenvalue weighted by molar-refractivity contribution is 7.71. The Bertz CT molecular complexity index is 853. The Balaban J connectivity index is 1.45. The Hall–Kier alpha value is -2.25. The number of nitrogens with zero attached hydrogens (tertiary/aromatic N) is 2. The van der Waals surface area contributed by atoms with E-state index in [0.717, 1.165) is 23.5 Å². The number of carbonyl (C=O) groups excluding carboxylic acids is 1. The number of rotatable bonds is 8. The second-order valence-corrected chi connectivity index (χ2v) is 7.00. The van der Waals surface area contributed by atoms with Gasteiger partial charge in [-0.05, 0) is 42.1 Å². The molecule has 0 bridgehead atoms. The van der Waals surface area contributed by atoms with Crippen LogP contribution in [-0.4, -0.2) is 27.2 Å². The van der Waals surface area contributed by atoms with E-state index < -0.39 is 0 Å². The molecule has 0 aliphatic rings. The molecule has 2 aromatic heterocycles. The van der Waals surface area contributed by atoms with Crippen molar-refractivity contribution in [2.24, 2.45) is 0 Å². The highest BCUT2D eigenvalue weighted by Crippen LogP contribution is 2.22. The summed E-state index contributed by atoms with van der Waals surface area (Å²) in [5.74, 6) is 0.824. The Morgan fingerprint density at radius 3 is 2.84 bits per heavy atom. The number of aromatic nitrogens is 3. The van der Waals surface area contributed by atoms with Crippen LogP contribution in [0.5, 0.6) is 0 Å². The van der Waals surface area contributed by atoms with Crippen molar-refractivity contribution in [3.63, 3.8) is 0 Å². The molecule has 2 heterocycles. The molecular formula is C18H20N4OS2. The lowest BCUT2D eigenvalue weighted by Gasteiger charge is -2.07. The third kappa shape index (κ3) is 4.87. The molecule has 0 fully saturated rings. The minimum atomic E-state index is 0.0355. The summed E-state index contributed by atoms with van der Waals surface area (Å²) in [4.78, 5) is 13.1. The molecule has 0 spiro atoms. The minimum Gasteiger partial charge on any atom is -0.356 e. The van der Waals surface area contributed by atoms with Crippen LogP contribution in [-0.2, 0) is 17.8 Å². The summed E-state index contributed by atoms with van der Waals surface area (Å²) in [6, 6.07) is 14.3. The number of hydrogen-bond donors (Lipinski definition) is 2. The predicted octanol–water partition coefficient (Wildman–Crippen LogP) is 3.81. The van der Waals surface area contributed by atoms with Gasteiger partial charge in [0, 0.05) is 19.5 Å². The molecule has 0 saturated heterocycles. The molecule has 1 amide bonds. The highest BCUT2D eigenvalue weighted by atomic mass is 32.1. The van der Waals surface area contributed by atoms with Gasteiger partial charge < -0.3 is 5.32 Å². The normalized spacial score (nSPS) is 10.7. The number of hydrogen-bond acceptors (Lipinski definition) is 4. The fraction of sp³-hybridized carbons (Fsp3) is 0.278. The van der Waals surface area contributed by atoms with E-state index in [2.05, 4.69) is 27.6 Å². The Morgan fingerprint density at radius 2 is 2.08 bits per heavy atom. The average Bonchev–Trinajstić information content (AvgIpc) is 3.27. The summed E-state index contributed by atoms with van der Waals surface area (Å²) in [5, 5.41) is 12.1. The average molecular weight is 373 g/mol. The second kappa shape index (κ2) is 8.73. The van der Waals surface area contributed by atoms with Gasteiger partial charge in [0.25, 0.3) is 0 Å². The topological polar surface area (TPSA) is 62.7 Å². The van der Waals surface area contributed by atoms with Gasteiger partial charge in [0.15, 0.2) is 10.6 Å². The first-order chi connectivity index (χ1) is 12.2. The smallest absolute Gasteiger partial charge is 0.221 e. The Kier molecular flexibility index (Phi) is 6.14. The summed E-state index contributed by atoms with van der Waals surface area (Å²) in [5.41, 5.74) is 1.29. The maximum Gasteiger partial charge on any atom is 0.221 e. The molecule has 2 N–H and O–H groups in total. The number of thiophene rings is 1. The van der Waals surface area contributed by atoms with Crippen molar-refractivity contribution in [3.8, 4) is 10.7 Å². The van der Waals surface area contributed by atoms with Gasteiger partial charge in [-0.2, -0.15) is 5.10 Å². The van der Waals surface area contributed by atoms with Crippen molar-refractivity contribution >= 4 is 29.5 Å². The van der Waals surface area contributed by atoms with E-state index in [0.29, 0.717) is 24.3 Å². The molecule has 0 radical (unpaired) electrons.